The Kier molecular flexibility index (Phi) is 7.54. The summed E-state index contributed by atoms with van der Waals surface area (Å²) in [5.74, 6) is -2.28. The lowest BCUT2D eigenvalue weighted by molar-refractivity contribution is -0.149. The van der Waals surface area contributed by atoms with E-state index < -0.39 is 35.0 Å². The summed E-state index contributed by atoms with van der Waals surface area (Å²) in [5, 5.41) is 12.1. The molecule has 0 radical (unpaired) electrons. The first-order chi connectivity index (χ1) is 12.3. The third-order valence-corrected chi connectivity index (χ3v) is 3.84. The van der Waals surface area contributed by atoms with E-state index in [2.05, 4.69) is 5.32 Å². The fourth-order valence-electron chi connectivity index (χ4n) is 2.76. The number of hydrogen-bond donors (Lipinski definition) is 3. The minimum Gasteiger partial charge on any atom is -0.480 e. The molecule has 27 heavy (non-hydrogen) atoms. The molecule has 4 N–H and O–H groups in total. The molecular weight excluding hydrogens is 348 g/mol. The molecule has 0 heterocycles. The van der Waals surface area contributed by atoms with Gasteiger partial charge in [-0.05, 0) is 45.1 Å². The molecule has 150 valence electrons. The van der Waals surface area contributed by atoms with E-state index in [-0.39, 0.29) is 18.8 Å². The number of benzene rings is 1. The number of carboxylic acid groups (broad SMARTS) is 1. The summed E-state index contributed by atoms with van der Waals surface area (Å²) in [6, 6.07) is 7.88. The molecular formula is C20H30N2O5. The van der Waals surface area contributed by atoms with Crippen LogP contribution >= 0.6 is 0 Å². The molecule has 0 saturated heterocycles. The Morgan fingerprint density at radius 1 is 1.15 bits per heavy atom. The van der Waals surface area contributed by atoms with Crippen LogP contribution in [0.25, 0.3) is 0 Å². The van der Waals surface area contributed by atoms with Crippen LogP contribution in [0, 0.1) is 5.92 Å². The summed E-state index contributed by atoms with van der Waals surface area (Å²) in [6.45, 7) is 8.66. The second-order valence-electron chi connectivity index (χ2n) is 8.13. The van der Waals surface area contributed by atoms with Crippen molar-refractivity contribution in [1.82, 2.24) is 5.32 Å². The van der Waals surface area contributed by atoms with Crippen LogP contribution in [0.2, 0.25) is 0 Å². The van der Waals surface area contributed by atoms with Crippen molar-refractivity contribution >= 4 is 17.8 Å². The molecule has 2 unspecified atom stereocenters. The number of rotatable bonds is 8. The molecule has 0 saturated carbocycles. The number of nitrogens with two attached hydrogens (primary N) is 1. The third-order valence-electron chi connectivity index (χ3n) is 3.84. The molecule has 1 rings (SSSR count). The highest BCUT2D eigenvalue weighted by Gasteiger charge is 2.46. The Labute approximate surface area is 160 Å². The number of Topliss-reactive ketones (excluding diaryl/α,β-unsaturated/α-hetero) is 1. The van der Waals surface area contributed by atoms with Crippen molar-refractivity contribution in [3.8, 4) is 0 Å². The highest BCUT2D eigenvalue weighted by atomic mass is 16.6. The Hall–Kier alpha value is -2.41. The van der Waals surface area contributed by atoms with Gasteiger partial charge in [-0.2, -0.15) is 0 Å². The molecule has 7 nitrogen and oxygen atoms in total. The number of ether oxygens (including phenoxy) is 1. The van der Waals surface area contributed by atoms with Crippen molar-refractivity contribution < 1.29 is 24.2 Å². The molecule has 0 aliphatic heterocycles. The second-order valence-corrected chi connectivity index (χ2v) is 8.13. The third kappa shape index (κ3) is 7.02. The van der Waals surface area contributed by atoms with E-state index in [9.17, 15) is 19.5 Å². The van der Waals surface area contributed by atoms with Gasteiger partial charge in [0.15, 0.2) is 11.3 Å². The molecule has 0 fully saturated rings. The van der Waals surface area contributed by atoms with Crippen molar-refractivity contribution in [2.45, 2.75) is 64.6 Å². The fraction of sp³-hybridized carbons (Fsp3) is 0.550. The number of aliphatic carboxylic acids is 1. The van der Waals surface area contributed by atoms with Gasteiger partial charge in [0.1, 0.15) is 5.60 Å². The van der Waals surface area contributed by atoms with Gasteiger partial charge in [-0.25, -0.2) is 9.59 Å². The van der Waals surface area contributed by atoms with Gasteiger partial charge in [0.05, 0.1) is 6.04 Å². The van der Waals surface area contributed by atoms with Crippen molar-refractivity contribution in [2.24, 2.45) is 11.7 Å². The first-order valence-corrected chi connectivity index (χ1v) is 8.95. The van der Waals surface area contributed by atoms with E-state index in [1.807, 2.05) is 6.07 Å². The van der Waals surface area contributed by atoms with Gasteiger partial charge in [0.2, 0.25) is 0 Å². The molecule has 2 atom stereocenters. The quantitative estimate of drug-likeness (QED) is 0.598. The van der Waals surface area contributed by atoms with Crippen LogP contribution in [0.15, 0.2) is 30.3 Å². The van der Waals surface area contributed by atoms with E-state index in [4.69, 9.17) is 10.5 Å². The molecule has 1 amide bonds. The van der Waals surface area contributed by atoms with E-state index in [1.165, 1.54) is 0 Å². The maximum absolute atomic E-state index is 13.1. The molecule has 7 heteroatoms. The number of nitrogens with one attached hydrogen (secondary N) is 1. The summed E-state index contributed by atoms with van der Waals surface area (Å²) in [5.41, 5.74) is 3.92. The summed E-state index contributed by atoms with van der Waals surface area (Å²) < 4.78 is 5.22. The number of carbonyl (C=O) groups is 3. The van der Waals surface area contributed by atoms with E-state index in [1.54, 1.807) is 58.9 Å². The Balaban J connectivity index is 3.16. The minimum absolute atomic E-state index is 0.0392. The van der Waals surface area contributed by atoms with Crippen molar-refractivity contribution in [3.05, 3.63) is 35.9 Å². The van der Waals surface area contributed by atoms with Crippen LogP contribution in [-0.4, -0.2) is 40.1 Å². The number of amides is 1. The normalized spacial score (nSPS) is 14.9. The molecule has 0 aliphatic carbocycles. The maximum atomic E-state index is 13.1. The lowest BCUT2D eigenvalue weighted by atomic mass is 9.81. The molecule has 1 aromatic carbocycles. The lowest BCUT2D eigenvalue weighted by Crippen LogP contribution is -2.62. The summed E-state index contributed by atoms with van der Waals surface area (Å²) in [4.78, 5) is 37.1. The first kappa shape index (κ1) is 22.6. The summed E-state index contributed by atoms with van der Waals surface area (Å²) in [6.07, 6.45) is -0.722. The average molecular weight is 378 g/mol. The number of hydrogen-bond acceptors (Lipinski definition) is 5. The van der Waals surface area contributed by atoms with Gasteiger partial charge < -0.3 is 20.9 Å². The van der Waals surface area contributed by atoms with Gasteiger partial charge >= 0.3 is 12.1 Å². The maximum Gasteiger partial charge on any atom is 0.408 e. The fourth-order valence-corrected chi connectivity index (χ4v) is 2.76. The molecule has 1 aromatic rings. The van der Waals surface area contributed by atoms with Crippen LogP contribution in [0.1, 0.15) is 46.6 Å². The molecule has 0 aromatic heterocycles. The number of carboxylic acids is 1. The lowest BCUT2D eigenvalue weighted by Gasteiger charge is -2.30. The van der Waals surface area contributed by atoms with Crippen molar-refractivity contribution in [2.75, 3.05) is 0 Å². The van der Waals surface area contributed by atoms with Crippen LogP contribution in [-0.2, 0) is 20.7 Å². The second kappa shape index (κ2) is 8.99. The molecule has 0 aliphatic rings. The average Bonchev–Trinajstić information content (AvgIpc) is 2.51. The smallest absolute Gasteiger partial charge is 0.408 e. The van der Waals surface area contributed by atoms with Crippen LogP contribution in [0.4, 0.5) is 4.79 Å². The zero-order valence-electron chi connectivity index (χ0n) is 16.6. The van der Waals surface area contributed by atoms with Crippen LogP contribution < -0.4 is 11.1 Å². The monoisotopic (exact) mass is 378 g/mol. The molecule has 0 bridgehead atoms. The SMILES string of the molecule is CC(C)CC(N)(C(=O)O)C(=O)C(Cc1ccccc1)NC(=O)OC(C)(C)C. The number of ketones is 1. The standard InChI is InChI=1S/C20H30N2O5/c1-13(2)12-20(21,17(24)25)16(23)15(11-14-9-7-6-8-10-14)22-18(26)27-19(3,4)5/h6-10,13,15H,11-12,21H2,1-5H3,(H,22,26)(H,24,25). The highest BCUT2D eigenvalue weighted by Crippen LogP contribution is 2.20. The van der Waals surface area contributed by atoms with Gasteiger partial charge in [0.25, 0.3) is 0 Å². The molecule has 0 spiro atoms. The predicted molar refractivity (Wildman–Crippen MR) is 102 cm³/mol. The van der Waals surface area contributed by atoms with Crippen LogP contribution in [0.5, 0.6) is 0 Å². The van der Waals surface area contributed by atoms with Crippen LogP contribution in [0.3, 0.4) is 0 Å². The Bertz CT molecular complexity index is 667. The van der Waals surface area contributed by atoms with Gasteiger partial charge in [-0.1, -0.05) is 44.2 Å². The van der Waals surface area contributed by atoms with Crippen molar-refractivity contribution in [1.29, 1.82) is 0 Å². The van der Waals surface area contributed by atoms with Gasteiger partial charge in [-0.3, -0.25) is 4.79 Å². The van der Waals surface area contributed by atoms with Gasteiger partial charge in [-0.15, -0.1) is 0 Å². The predicted octanol–water partition coefficient (Wildman–Crippen LogP) is 2.52. The topological polar surface area (TPSA) is 119 Å². The zero-order chi connectivity index (χ0) is 20.8. The Morgan fingerprint density at radius 3 is 2.15 bits per heavy atom. The number of alkyl carbamates (subject to hydrolysis) is 1. The Morgan fingerprint density at radius 2 is 1.70 bits per heavy atom. The summed E-state index contributed by atoms with van der Waals surface area (Å²) in [7, 11) is 0. The number of carbonyl (C=O) groups excluding carboxylic acids is 2. The minimum atomic E-state index is -2.09. The highest BCUT2D eigenvalue weighted by molar-refractivity contribution is 6.10. The van der Waals surface area contributed by atoms with E-state index in [0.29, 0.717) is 0 Å². The largest absolute Gasteiger partial charge is 0.480 e. The van der Waals surface area contributed by atoms with Gasteiger partial charge in [0, 0.05) is 0 Å². The van der Waals surface area contributed by atoms with E-state index >= 15 is 0 Å². The van der Waals surface area contributed by atoms with E-state index in [0.717, 1.165) is 5.56 Å². The van der Waals surface area contributed by atoms with Crippen molar-refractivity contribution in [3.63, 3.8) is 0 Å². The summed E-state index contributed by atoms with van der Waals surface area (Å²) >= 11 is 0. The first-order valence-electron chi connectivity index (χ1n) is 8.95. The zero-order valence-corrected chi connectivity index (χ0v) is 16.6.